The van der Waals surface area contributed by atoms with Crippen LogP contribution in [0.15, 0.2) is 0 Å². The van der Waals surface area contributed by atoms with Gasteiger partial charge in [-0.05, 0) is 32.4 Å². The molecular weight excluding hydrogens is 245 g/mol. The van der Waals surface area contributed by atoms with E-state index in [4.69, 9.17) is 5.73 Å². The van der Waals surface area contributed by atoms with Crippen molar-refractivity contribution in [2.75, 3.05) is 33.4 Å². The van der Waals surface area contributed by atoms with Crippen molar-refractivity contribution in [3.05, 3.63) is 0 Å². The highest BCUT2D eigenvalue weighted by Gasteiger charge is 2.27. The molecule has 6 heteroatoms. The van der Waals surface area contributed by atoms with E-state index in [0.717, 1.165) is 19.5 Å². The highest BCUT2D eigenvalue weighted by atomic mass is 19.4. The minimum Gasteiger partial charge on any atom is -0.372 e. The lowest BCUT2D eigenvalue weighted by Crippen LogP contribution is -2.32. The van der Waals surface area contributed by atoms with Crippen molar-refractivity contribution in [3.63, 3.8) is 0 Å². The minimum absolute atomic E-state index is 0.139. The lowest BCUT2D eigenvalue weighted by atomic mass is 10.0. The van der Waals surface area contributed by atoms with Crippen LogP contribution in [0.25, 0.3) is 0 Å². The van der Waals surface area contributed by atoms with Crippen LogP contribution < -0.4 is 5.73 Å². The van der Waals surface area contributed by atoms with Crippen LogP contribution in [0.3, 0.4) is 0 Å². The Morgan fingerprint density at radius 1 is 1.22 bits per heavy atom. The van der Waals surface area contributed by atoms with Gasteiger partial charge in [-0.2, -0.15) is 13.2 Å². The fourth-order valence-electron chi connectivity index (χ4n) is 1.44. The second kappa shape index (κ2) is 8.72. The maximum atomic E-state index is 11.8. The minimum atomic E-state index is -4.23. The number of halogens is 3. The summed E-state index contributed by atoms with van der Waals surface area (Å²) < 4.78 is 39.9. The van der Waals surface area contributed by atoms with Crippen molar-refractivity contribution in [1.29, 1.82) is 0 Å². The van der Waals surface area contributed by atoms with Crippen LogP contribution in [0.1, 0.15) is 26.7 Å². The molecule has 0 fully saturated rings. The smallest absolute Gasteiger partial charge is 0.372 e. The first-order chi connectivity index (χ1) is 8.22. The zero-order valence-electron chi connectivity index (χ0n) is 11.5. The molecule has 0 rings (SSSR count). The summed E-state index contributed by atoms with van der Waals surface area (Å²) in [6.45, 7) is 4.72. The molecule has 0 bridgehead atoms. The second-order valence-electron chi connectivity index (χ2n) is 5.02. The van der Waals surface area contributed by atoms with E-state index in [1.165, 1.54) is 0 Å². The summed E-state index contributed by atoms with van der Waals surface area (Å²) in [6.07, 6.45) is -2.73. The average Bonchev–Trinajstić information content (AvgIpc) is 2.23. The molecule has 0 spiro atoms. The van der Waals surface area contributed by atoms with E-state index in [0.29, 0.717) is 12.3 Å². The summed E-state index contributed by atoms with van der Waals surface area (Å²) in [5, 5.41) is 0. The fourth-order valence-corrected chi connectivity index (χ4v) is 1.44. The molecule has 0 aromatic heterocycles. The SMILES string of the molecule is CC(C)C(N)CCN(C)CCCOCC(F)(F)F. The third kappa shape index (κ3) is 10.8. The van der Waals surface area contributed by atoms with Gasteiger partial charge in [-0.3, -0.25) is 0 Å². The van der Waals surface area contributed by atoms with Crippen molar-refractivity contribution in [3.8, 4) is 0 Å². The Kier molecular flexibility index (Phi) is 8.56. The van der Waals surface area contributed by atoms with E-state index >= 15 is 0 Å². The van der Waals surface area contributed by atoms with Gasteiger partial charge in [0, 0.05) is 19.2 Å². The van der Waals surface area contributed by atoms with Crippen LogP contribution in [0.2, 0.25) is 0 Å². The summed E-state index contributed by atoms with van der Waals surface area (Å²) in [5.41, 5.74) is 5.91. The first-order valence-corrected chi connectivity index (χ1v) is 6.31. The molecule has 3 nitrogen and oxygen atoms in total. The molecule has 1 unspecified atom stereocenters. The van der Waals surface area contributed by atoms with E-state index < -0.39 is 12.8 Å². The monoisotopic (exact) mass is 270 g/mol. The Labute approximate surface area is 107 Å². The molecule has 0 aromatic carbocycles. The molecular formula is C12H25F3N2O. The highest BCUT2D eigenvalue weighted by Crippen LogP contribution is 2.14. The quantitative estimate of drug-likeness (QED) is 0.653. The third-order valence-corrected chi connectivity index (χ3v) is 2.79. The lowest BCUT2D eigenvalue weighted by Gasteiger charge is -2.21. The molecule has 2 N–H and O–H groups in total. The first-order valence-electron chi connectivity index (χ1n) is 6.31. The standard InChI is InChI=1S/C12H25F3N2O/c1-10(2)11(16)5-7-17(3)6-4-8-18-9-12(13,14)15/h10-11H,4-9,16H2,1-3H3. The Morgan fingerprint density at radius 2 is 1.83 bits per heavy atom. The predicted octanol–water partition coefficient (Wildman–Crippen LogP) is 2.26. The Hall–Kier alpha value is -0.330. The van der Waals surface area contributed by atoms with Crippen LogP contribution in [0, 0.1) is 5.92 Å². The third-order valence-electron chi connectivity index (χ3n) is 2.79. The summed E-state index contributed by atoms with van der Waals surface area (Å²) in [6, 6.07) is 0.175. The molecule has 18 heavy (non-hydrogen) atoms. The van der Waals surface area contributed by atoms with E-state index in [9.17, 15) is 13.2 Å². The molecule has 110 valence electrons. The molecule has 0 aliphatic rings. The topological polar surface area (TPSA) is 38.5 Å². The second-order valence-corrected chi connectivity index (χ2v) is 5.02. The van der Waals surface area contributed by atoms with E-state index in [1.807, 2.05) is 7.05 Å². The van der Waals surface area contributed by atoms with Gasteiger partial charge in [-0.15, -0.1) is 0 Å². The summed E-state index contributed by atoms with van der Waals surface area (Å²) >= 11 is 0. The zero-order chi connectivity index (χ0) is 14.2. The van der Waals surface area contributed by atoms with Crippen molar-refractivity contribution in [2.45, 2.75) is 38.9 Å². The van der Waals surface area contributed by atoms with Gasteiger partial charge < -0.3 is 15.4 Å². The molecule has 0 saturated carbocycles. The maximum absolute atomic E-state index is 11.8. The predicted molar refractivity (Wildman–Crippen MR) is 66.4 cm³/mol. The van der Waals surface area contributed by atoms with E-state index in [1.54, 1.807) is 0 Å². The van der Waals surface area contributed by atoms with E-state index in [2.05, 4.69) is 23.5 Å². The molecule has 1 atom stereocenters. The van der Waals surface area contributed by atoms with Crippen molar-refractivity contribution in [2.24, 2.45) is 11.7 Å². The zero-order valence-corrected chi connectivity index (χ0v) is 11.5. The molecule has 0 heterocycles. The lowest BCUT2D eigenvalue weighted by molar-refractivity contribution is -0.174. The molecule has 0 saturated heterocycles. The molecule has 0 radical (unpaired) electrons. The first kappa shape index (κ1) is 17.7. The van der Waals surface area contributed by atoms with Crippen molar-refractivity contribution >= 4 is 0 Å². The van der Waals surface area contributed by atoms with E-state index in [-0.39, 0.29) is 12.6 Å². The number of ether oxygens (including phenoxy) is 1. The molecule has 0 aromatic rings. The number of nitrogens with zero attached hydrogens (tertiary/aromatic N) is 1. The van der Waals surface area contributed by atoms with Crippen molar-refractivity contribution in [1.82, 2.24) is 4.90 Å². The largest absolute Gasteiger partial charge is 0.411 e. The van der Waals surface area contributed by atoms with Gasteiger partial charge in [0.05, 0.1) is 0 Å². The van der Waals surface area contributed by atoms with Gasteiger partial charge in [0.2, 0.25) is 0 Å². The fraction of sp³-hybridized carbons (Fsp3) is 1.00. The summed E-state index contributed by atoms with van der Waals surface area (Å²) in [7, 11) is 1.94. The maximum Gasteiger partial charge on any atom is 0.411 e. The van der Waals surface area contributed by atoms with Gasteiger partial charge in [0.1, 0.15) is 6.61 Å². The Morgan fingerprint density at radius 3 is 2.33 bits per heavy atom. The van der Waals surface area contributed by atoms with Gasteiger partial charge in [0.15, 0.2) is 0 Å². The van der Waals surface area contributed by atoms with Gasteiger partial charge >= 0.3 is 6.18 Å². The summed E-state index contributed by atoms with van der Waals surface area (Å²) in [4.78, 5) is 2.07. The van der Waals surface area contributed by atoms with Crippen LogP contribution >= 0.6 is 0 Å². The number of hydrogen-bond acceptors (Lipinski definition) is 3. The number of alkyl halides is 3. The van der Waals surface area contributed by atoms with Crippen LogP contribution in [0.5, 0.6) is 0 Å². The summed E-state index contributed by atoms with van der Waals surface area (Å²) in [5.74, 6) is 0.452. The van der Waals surface area contributed by atoms with Crippen molar-refractivity contribution < 1.29 is 17.9 Å². The Balaban J connectivity index is 3.45. The number of hydrogen-bond donors (Lipinski definition) is 1. The normalized spacial score (nSPS) is 14.5. The molecule has 0 aliphatic carbocycles. The number of rotatable bonds is 9. The highest BCUT2D eigenvalue weighted by molar-refractivity contribution is 4.67. The number of nitrogens with two attached hydrogens (primary N) is 1. The molecule has 0 aliphatic heterocycles. The molecule has 0 amide bonds. The van der Waals surface area contributed by atoms with Crippen LogP contribution in [-0.4, -0.2) is 50.5 Å². The van der Waals surface area contributed by atoms with Crippen LogP contribution in [0.4, 0.5) is 13.2 Å². The van der Waals surface area contributed by atoms with Crippen LogP contribution in [-0.2, 0) is 4.74 Å². The Bertz CT molecular complexity index is 210. The van der Waals surface area contributed by atoms with Gasteiger partial charge in [-0.1, -0.05) is 13.8 Å². The van der Waals surface area contributed by atoms with Gasteiger partial charge in [-0.25, -0.2) is 0 Å². The van der Waals surface area contributed by atoms with Gasteiger partial charge in [0.25, 0.3) is 0 Å². The average molecular weight is 270 g/mol.